The van der Waals surface area contributed by atoms with E-state index in [4.69, 9.17) is 15.5 Å². The maximum Gasteiger partial charge on any atom is 0.345 e. The molecule has 0 radical (unpaired) electrons. The van der Waals surface area contributed by atoms with Gasteiger partial charge >= 0.3 is 8.60 Å². The van der Waals surface area contributed by atoms with E-state index >= 15 is 0 Å². The summed E-state index contributed by atoms with van der Waals surface area (Å²) in [6, 6.07) is 0. The third-order valence-corrected chi connectivity index (χ3v) is 1.16. The van der Waals surface area contributed by atoms with E-state index in [1.165, 1.54) is 0 Å². The van der Waals surface area contributed by atoms with Gasteiger partial charge in [-0.25, -0.2) is 4.62 Å². The summed E-state index contributed by atoms with van der Waals surface area (Å²) in [5, 5.41) is 2.99. The Morgan fingerprint density at radius 3 is 2.55 bits per heavy atom. The minimum atomic E-state index is -2.29. The Labute approximate surface area is 66.7 Å². The highest BCUT2D eigenvalue weighted by molar-refractivity contribution is 7.39. The van der Waals surface area contributed by atoms with Crippen LogP contribution in [-0.2, 0) is 4.62 Å². The molecular formula is C4H14N3O3P. The standard InChI is InChI=1S/C4H14N3O3P/c5-1-2-6-3-4-7-10-11(8)9/h6-9H,1-5H2. The largest absolute Gasteiger partial charge is 0.345 e. The van der Waals surface area contributed by atoms with Gasteiger partial charge in [0.2, 0.25) is 0 Å². The summed E-state index contributed by atoms with van der Waals surface area (Å²) >= 11 is 0. The summed E-state index contributed by atoms with van der Waals surface area (Å²) in [7, 11) is -2.29. The van der Waals surface area contributed by atoms with Crippen LogP contribution in [0.5, 0.6) is 0 Å². The molecule has 0 aliphatic rings. The first-order valence-corrected chi connectivity index (χ1v) is 4.42. The van der Waals surface area contributed by atoms with Gasteiger partial charge in [-0.15, -0.1) is 0 Å². The van der Waals surface area contributed by atoms with Crippen molar-refractivity contribution >= 4 is 8.60 Å². The quantitative estimate of drug-likeness (QED) is 0.183. The molecule has 0 atom stereocenters. The molecule has 0 rings (SSSR count). The number of hydrogen-bond acceptors (Lipinski definition) is 6. The van der Waals surface area contributed by atoms with Crippen LogP contribution in [0.15, 0.2) is 0 Å². The molecule has 0 amide bonds. The van der Waals surface area contributed by atoms with Crippen molar-refractivity contribution in [2.75, 3.05) is 26.2 Å². The minimum Gasteiger partial charge on any atom is -0.329 e. The van der Waals surface area contributed by atoms with Gasteiger partial charge in [-0.05, 0) is 0 Å². The van der Waals surface area contributed by atoms with Crippen LogP contribution in [0.1, 0.15) is 0 Å². The van der Waals surface area contributed by atoms with Crippen LogP contribution in [0.25, 0.3) is 0 Å². The smallest absolute Gasteiger partial charge is 0.329 e. The highest BCUT2D eigenvalue weighted by atomic mass is 31.2. The van der Waals surface area contributed by atoms with Gasteiger partial charge in [-0.3, -0.25) is 0 Å². The normalized spacial score (nSPS) is 10.9. The van der Waals surface area contributed by atoms with Crippen molar-refractivity contribution in [3.8, 4) is 0 Å². The fourth-order valence-corrected chi connectivity index (χ4v) is 0.677. The Morgan fingerprint density at radius 2 is 2.00 bits per heavy atom. The average Bonchev–Trinajstić information content (AvgIpc) is 1.96. The van der Waals surface area contributed by atoms with Gasteiger partial charge in [0.25, 0.3) is 0 Å². The Morgan fingerprint density at radius 1 is 1.27 bits per heavy atom. The summed E-state index contributed by atoms with van der Waals surface area (Å²) in [5.74, 6) is 0. The van der Waals surface area contributed by atoms with Crippen molar-refractivity contribution in [3.63, 3.8) is 0 Å². The van der Waals surface area contributed by atoms with Gasteiger partial charge in [0.15, 0.2) is 0 Å². The fraction of sp³-hybridized carbons (Fsp3) is 1.00. The van der Waals surface area contributed by atoms with Gasteiger partial charge in [0, 0.05) is 26.2 Å². The monoisotopic (exact) mass is 183 g/mol. The molecule has 7 heteroatoms. The van der Waals surface area contributed by atoms with E-state index in [0.29, 0.717) is 19.6 Å². The highest BCUT2D eigenvalue weighted by Crippen LogP contribution is 2.21. The third-order valence-electron chi connectivity index (χ3n) is 0.871. The van der Waals surface area contributed by atoms with Gasteiger partial charge in [0.05, 0.1) is 0 Å². The predicted octanol–water partition coefficient (Wildman–Crippen LogP) is -1.73. The molecule has 0 spiro atoms. The first-order valence-electron chi connectivity index (χ1n) is 3.26. The zero-order chi connectivity index (χ0) is 8.53. The zero-order valence-electron chi connectivity index (χ0n) is 6.16. The summed E-state index contributed by atoms with van der Waals surface area (Å²) in [6.07, 6.45) is 0. The molecule has 0 aromatic heterocycles. The molecule has 0 saturated heterocycles. The first-order chi connectivity index (χ1) is 5.27. The van der Waals surface area contributed by atoms with Crippen LogP contribution < -0.4 is 16.5 Å². The van der Waals surface area contributed by atoms with Crippen molar-refractivity contribution in [3.05, 3.63) is 0 Å². The van der Waals surface area contributed by atoms with Crippen LogP contribution in [0.2, 0.25) is 0 Å². The third kappa shape index (κ3) is 10.2. The lowest BCUT2D eigenvalue weighted by Crippen LogP contribution is -2.30. The van der Waals surface area contributed by atoms with Gasteiger partial charge < -0.3 is 20.8 Å². The van der Waals surface area contributed by atoms with Crippen molar-refractivity contribution in [1.29, 1.82) is 0 Å². The molecule has 6 N–H and O–H groups in total. The van der Waals surface area contributed by atoms with Crippen LogP contribution in [0, 0.1) is 0 Å². The summed E-state index contributed by atoms with van der Waals surface area (Å²) < 4.78 is 4.28. The Balaban J connectivity index is 2.80. The van der Waals surface area contributed by atoms with E-state index < -0.39 is 8.60 Å². The molecular weight excluding hydrogens is 169 g/mol. The van der Waals surface area contributed by atoms with Crippen molar-refractivity contribution in [2.24, 2.45) is 5.73 Å². The molecule has 0 aromatic carbocycles. The fourth-order valence-electron chi connectivity index (χ4n) is 0.470. The van der Waals surface area contributed by atoms with Crippen LogP contribution >= 0.6 is 8.60 Å². The summed E-state index contributed by atoms with van der Waals surface area (Å²) in [6.45, 7) is 2.53. The van der Waals surface area contributed by atoms with Crippen molar-refractivity contribution < 1.29 is 14.4 Å². The number of rotatable bonds is 7. The van der Waals surface area contributed by atoms with E-state index in [-0.39, 0.29) is 0 Å². The topological polar surface area (TPSA) is 99.8 Å². The minimum absolute atomic E-state index is 0.514. The molecule has 0 saturated carbocycles. The molecule has 68 valence electrons. The van der Waals surface area contributed by atoms with Crippen LogP contribution in [-0.4, -0.2) is 36.0 Å². The van der Waals surface area contributed by atoms with Crippen LogP contribution in [0.3, 0.4) is 0 Å². The van der Waals surface area contributed by atoms with E-state index in [0.717, 1.165) is 6.54 Å². The van der Waals surface area contributed by atoms with E-state index in [2.05, 4.69) is 15.4 Å². The average molecular weight is 183 g/mol. The summed E-state index contributed by atoms with van der Waals surface area (Å²) in [4.78, 5) is 16.5. The molecule has 0 heterocycles. The van der Waals surface area contributed by atoms with Gasteiger partial charge in [-0.2, -0.15) is 5.48 Å². The highest BCUT2D eigenvalue weighted by Gasteiger charge is 1.96. The lowest BCUT2D eigenvalue weighted by molar-refractivity contribution is 0.164. The second-order valence-electron chi connectivity index (χ2n) is 1.78. The molecule has 0 aliphatic carbocycles. The zero-order valence-corrected chi connectivity index (χ0v) is 7.05. The molecule has 0 aliphatic heterocycles. The van der Waals surface area contributed by atoms with E-state index in [9.17, 15) is 0 Å². The van der Waals surface area contributed by atoms with E-state index in [1.54, 1.807) is 0 Å². The maximum absolute atomic E-state index is 8.25. The lowest BCUT2D eigenvalue weighted by atomic mass is 10.6. The molecule has 11 heavy (non-hydrogen) atoms. The maximum atomic E-state index is 8.25. The Bertz CT molecular complexity index is 85.0. The molecule has 0 bridgehead atoms. The Hall–Kier alpha value is 0.190. The second-order valence-corrected chi connectivity index (χ2v) is 2.47. The molecule has 6 nitrogen and oxygen atoms in total. The Kier molecular flexibility index (Phi) is 8.43. The lowest BCUT2D eigenvalue weighted by Gasteiger charge is -2.05. The predicted molar refractivity (Wildman–Crippen MR) is 42.4 cm³/mol. The number of hydroxylamine groups is 1. The van der Waals surface area contributed by atoms with Gasteiger partial charge in [0.1, 0.15) is 0 Å². The van der Waals surface area contributed by atoms with Crippen molar-refractivity contribution in [2.45, 2.75) is 0 Å². The molecule has 0 aromatic rings. The molecule has 0 unspecified atom stereocenters. The van der Waals surface area contributed by atoms with Gasteiger partial charge in [-0.1, -0.05) is 0 Å². The first kappa shape index (κ1) is 11.2. The van der Waals surface area contributed by atoms with E-state index in [1.807, 2.05) is 0 Å². The summed E-state index contributed by atoms with van der Waals surface area (Å²) in [5.41, 5.74) is 7.57. The van der Waals surface area contributed by atoms with Crippen molar-refractivity contribution in [1.82, 2.24) is 10.8 Å². The van der Waals surface area contributed by atoms with Crippen LogP contribution in [0.4, 0.5) is 0 Å². The second kappa shape index (κ2) is 8.29. The molecule has 0 fully saturated rings. The SMILES string of the molecule is NCCNCCNOP(O)O. The number of nitrogens with two attached hydrogens (primary N) is 1. The number of hydrogen-bond donors (Lipinski definition) is 5. The number of nitrogens with one attached hydrogen (secondary N) is 2.